The van der Waals surface area contributed by atoms with Gasteiger partial charge in [-0.25, -0.2) is 4.79 Å². The van der Waals surface area contributed by atoms with E-state index in [-0.39, 0.29) is 11.5 Å². The van der Waals surface area contributed by atoms with Gasteiger partial charge in [-0.2, -0.15) is 0 Å². The first-order chi connectivity index (χ1) is 18.8. The topological polar surface area (TPSA) is 141 Å². The van der Waals surface area contributed by atoms with Crippen LogP contribution in [0.3, 0.4) is 0 Å². The highest BCUT2D eigenvalue weighted by Gasteiger charge is 2.60. The van der Waals surface area contributed by atoms with Gasteiger partial charge < -0.3 is 52.8 Å². The highest BCUT2D eigenvalue weighted by Crippen LogP contribution is 2.42. The summed E-state index contributed by atoms with van der Waals surface area (Å²) in [6.07, 6.45) is -4.60. The standard InChI is InChI=1S/C28H38O12/c1-13-20(21-23(25(31)33-13)39-27(3,4)37-21)36-26-24-22(38-28(5,6)40-24)19(14(2)34-26)35-18(30)11-9-15-8-10-16(29)17(12-15)32-7/h8-14,19-26,29,31H,1-7H3/b11-9+. The van der Waals surface area contributed by atoms with Gasteiger partial charge in [-0.1, -0.05) is 6.07 Å². The number of phenols is 1. The summed E-state index contributed by atoms with van der Waals surface area (Å²) in [4.78, 5) is 12.8. The summed E-state index contributed by atoms with van der Waals surface area (Å²) in [7, 11) is 1.44. The Hall–Kier alpha value is -2.29. The second-order valence-electron chi connectivity index (χ2n) is 11.3. The van der Waals surface area contributed by atoms with Crippen molar-refractivity contribution < 1.29 is 57.6 Å². The third-order valence-electron chi connectivity index (χ3n) is 7.31. The number of benzene rings is 1. The molecule has 4 fully saturated rings. The number of carbonyl (C=O) groups is 1. The maximum absolute atomic E-state index is 12.8. The third kappa shape index (κ3) is 5.86. The van der Waals surface area contributed by atoms with Crippen molar-refractivity contribution in [3.8, 4) is 11.5 Å². The molecular weight excluding hydrogens is 528 g/mol. The van der Waals surface area contributed by atoms with Gasteiger partial charge in [-0.3, -0.25) is 0 Å². The number of aliphatic hydroxyl groups excluding tert-OH is 1. The Balaban J connectivity index is 1.30. The minimum absolute atomic E-state index is 0.00386. The number of rotatable bonds is 6. The van der Waals surface area contributed by atoms with E-state index in [2.05, 4.69) is 0 Å². The summed E-state index contributed by atoms with van der Waals surface area (Å²) in [5.74, 6) is -2.24. The van der Waals surface area contributed by atoms with Crippen LogP contribution in [-0.4, -0.2) is 96.3 Å². The summed E-state index contributed by atoms with van der Waals surface area (Å²) in [5.41, 5.74) is 0.640. The molecule has 10 unspecified atom stereocenters. The Morgan fingerprint density at radius 2 is 1.50 bits per heavy atom. The van der Waals surface area contributed by atoms with Crippen molar-refractivity contribution in [2.45, 2.75) is 115 Å². The van der Waals surface area contributed by atoms with E-state index in [9.17, 15) is 15.0 Å². The molecule has 0 spiro atoms. The van der Waals surface area contributed by atoms with Gasteiger partial charge in [0.25, 0.3) is 0 Å². The Morgan fingerprint density at radius 1 is 0.900 bits per heavy atom. The highest BCUT2D eigenvalue weighted by atomic mass is 16.8. The molecule has 0 radical (unpaired) electrons. The van der Waals surface area contributed by atoms with Gasteiger partial charge in [0.1, 0.15) is 30.5 Å². The summed E-state index contributed by atoms with van der Waals surface area (Å²) >= 11 is 0. The van der Waals surface area contributed by atoms with Crippen molar-refractivity contribution in [3.63, 3.8) is 0 Å². The predicted molar refractivity (Wildman–Crippen MR) is 137 cm³/mol. The van der Waals surface area contributed by atoms with Crippen LogP contribution in [0.1, 0.15) is 47.1 Å². The van der Waals surface area contributed by atoms with E-state index in [0.717, 1.165) is 0 Å². The monoisotopic (exact) mass is 566 g/mol. The summed E-state index contributed by atoms with van der Waals surface area (Å²) in [5, 5.41) is 20.2. The molecule has 222 valence electrons. The Kier molecular flexibility index (Phi) is 7.92. The van der Waals surface area contributed by atoms with Crippen LogP contribution in [0, 0.1) is 0 Å². The lowest BCUT2D eigenvalue weighted by Gasteiger charge is -2.44. The molecule has 0 bridgehead atoms. The number of methoxy groups -OCH3 is 1. The minimum Gasteiger partial charge on any atom is -0.504 e. The van der Waals surface area contributed by atoms with Gasteiger partial charge in [0.05, 0.1) is 19.3 Å². The molecule has 0 aliphatic carbocycles. The zero-order valence-corrected chi connectivity index (χ0v) is 23.6. The molecule has 10 atom stereocenters. The molecule has 40 heavy (non-hydrogen) atoms. The number of aliphatic hydroxyl groups is 1. The zero-order chi connectivity index (χ0) is 29.0. The maximum atomic E-state index is 12.8. The SMILES string of the molecule is COc1cc(/C=C/C(=O)OC2C(C)OC(OC3C(C)OC(O)C4OC(C)(C)OC34)C3OC(C)(C)OC23)ccc1O. The van der Waals surface area contributed by atoms with Gasteiger partial charge in [0.2, 0.25) is 0 Å². The first-order valence-corrected chi connectivity index (χ1v) is 13.4. The van der Waals surface area contributed by atoms with E-state index in [1.54, 1.807) is 59.8 Å². The van der Waals surface area contributed by atoms with Crippen LogP contribution in [-0.2, 0) is 42.7 Å². The number of hydrogen-bond acceptors (Lipinski definition) is 12. The predicted octanol–water partition coefficient (Wildman–Crippen LogP) is 2.23. The molecule has 2 N–H and O–H groups in total. The Labute approximate surface area is 233 Å². The fraction of sp³-hybridized carbons (Fsp3) is 0.679. The molecule has 4 aliphatic rings. The van der Waals surface area contributed by atoms with E-state index < -0.39 is 79.0 Å². The smallest absolute Gasteiger partial charge is 0.331 e. The lowest BCUT2D eigenvalue weighted by molar-refractivity contribution is -0.328. The van der Waals surface area contributed by atoms with E-state index >= 15 is 0 Å². The van der Waals surface area contributed by atoms with Crippen molar-refractivity contribution in [1.82, 2.24) is 0 Å². The molecule has 4 heterocycles. The second-order valence-corrected chi connectivity index (χ2v) is 11.3. The molecule has 1 aromatic rings. The first kappa shape index (κ1) is 29.2. The van der Waals surface area contributed by atoms with Crippen LogP contribution in [0.2, 0.25) is 0 Å². The van der Waals surface area contributed by atoms with Crippen LogP contribution in [0.4, 0.5) is 0 Å². The highest BCUT2D eigenvalue weighted by molar-refractivity contribution is 5.87. The molecule has 0 amide bonds. The molecule has 4 saturated heterocycles. The normalized spacial score (nSPS) is 40.0. The molecule has 4 aliphatic heterocycles. The lowest BCUT2D eigenvalue weighted by atomic mass is 9.97. The molecule has 12 nitrogen and oxygen atoms in total. The van der Waals surface area contributed by atoms with Crippen LogP contribution >= 0.6 is 0 Å². The lowest BCUT2D eigenvalue weighted by Crippen LogP contribution is -2.62. The fourth-order valence-corrected chi connectivity index (χ4v) is 5.60. The molecular formula is C28H38O12. The van der Waals surface area contributed by atoms with Crippen molar-refractivity contribution in [2.75, 3.05) is 7.11 Å². The van der Waals surface area contributed by atoms with E-state index in [4.69, 9.17) is 42.6 Å². The van der Waals surface area contributed by atoms with Crippen LogP contribution in [0.25, 0.3) is 6.08 Å². The van der Waals surface area contributed by atoms with E-state index in [1.165, 1.54) is 19.3 Å². The van der Waals surface area contributed by atoms with Crippen molar-refractivity contribution in [1.29, 1.82) is 0 Å². The largest absolute Gasteiger partial charge is 0.504 e. The number of fused-ring (bicyclic) bond motifs is 2. The van der Waals surface area contributed by atoms with Crippen LogP contribution < -0.4 is 4.74 Å². The number of phenolic OH excluding ortho intramolecular Hbond substituents is 1. The summed E-state index contributed by atoms with van der Waals surface area (Å²) in [6.45, 7) is 10.6. The number of ether oxygens (including phenoxy) is 9. The number of hydrogen-bond donors (Lipinski definition) is 2. The fourth-order valence-electron chi connectivity index (χ4n) is 5.60. The summed E-state index contributed by atoms with van der Waals surface area (Å²) < 4.78 is 53.5. The average molecular weight is 567 g/mol. The van der Waals surface area contributed by atoms with Gasteiger partial charge >= 0.3 is 5.97 Å². The van der Waals surface area contributed by atoms with Gasteiger partial charge in [-0.15, -0.1) is 0 Å². The first-order valence-electron chi connectivity index (χ1n) is 13.4. The molecule has 1 aromatic carbocycles. The van der Waals surface area contributed by atoms with Gasteiger partial charge in [0.15, 0.2) is 41.8 Å². The number of esters is 1. The summed E-state index contributed by atoms with van der Waals surface area (Å²) in [6, 6.07) is 4.71. The van der Waals surface area contributed by atoms with Crippen LogP contribution in [0.15, 0.2) is 24.3 Å². The number of carbonyl (C=O) groups excluding carboxylic acids is 1. The number of aromatic hydroxyl groups is 1. The Bertz CT molecular complexity index is 1120. The average Bonchev–Trinajstić information content (AvgIpc) is 3.38. The third-order valence-corrected chi connectivity index (χ3v) is 7.31. The second kappa shape index (κ2) is 10.8. The molecule has 0 aromatic heterocycles. The molecule has 0 saturated carbocycles. The van der Waals surface area contributed by atoms with Crippen molar-refractivity contribution in [2.24, 2.45) is 0 Å². The minimum atomic E-state index is -1.16. The van der Waals surface area contributed by atoms with Crippen LogP contribution in [0.5, 0.6) is 11.5 Å². The van der Waals surface area contributed by atoms with E-state index in [0.29, 0.717) is 5.56 Å². The van der Waals surface area contributed by atoms with E-state index in [1.807, 2.05) is 0 Å². The van der Waals surface area contributed by atoms with Crippen molar-refractivity contribution >= 4 is 12.0 Å². The zero-order valence-electron chi connectivity index (χ0n) is 23.6. The quantitative estimate of drug-likeness (QED) is 0.385. The molecule has 5 rings (SSSR count). The van der Waals surface area contributed by atoms with Gasteiger partial charge in [0, 0.05) is 6.08 Å². The van der Waals surface area contributed by atoms with Gasteiger partial charge in [-0.05, 0) is 65.3 Å². The Morgan fingerprint density at radius 3 is 2.17 bits per heavy atom. The van der Waals surface area contributed by atoms with Crippen molar-refractivity contribution in [3.05, 3.63) is 29.8 Å². The molecule has 12 heteroatoms. The maximum Gasteiger partial charge on any atom is 0.331 e.